The van der Waals surface area contributed by atoms with Crippen LogP contribution < -0.4 is 0 Å². The Hall–Kier alpha value is -1.69. The Kier molecular flexibility index (Phi) is 3.29. The van der Waals surface area contributed by atoms with Gasteiger partial charge in [-0.05, 0) is 37.7 Å². The first-order chi connectivity index (χ1) is 10.6. The molecule has 1 aliphatic carbocycles. The summed E-state index contributed by atoms with van der Waals surface area (Å²) in [6.07, 6.45) is 3.36. The van der Waals surface area contributed by atoms with Crippen molar-refractivity contribution in [2.24, 2.45) is 5.92 Å². The van der Waals surface area contributed by atoms with Gasteiger partial charge in [0.15, 0.2) is 5.82 Å². The molecule has 1 atom stereocenters. The van der Waals surface area contributed by atoms with Crippen LogP contribution in [0.2, 0.25) is 0 Å². The van der Waals surface area contributed by atoms with Crippen molar-refractivity contribution in [3.05, 3.63) is 33.0 Å². The minimum atomic E-state index is 0.166. The third-order valence-electron chi connectivity index (χ3n) is 4.86. The molecule has 2 aromatic heterocycles. The van der Waals surface area contributed by atoms with Crippen LogP contribution in [0.4, 0.5) is 0 Å². The molecule has 0 unspecified atom stereocenters. The Balaban J connectivity index is 1.58. The molecule has 2 aromatic rings. The quantitative estimate of drug-likeness (QED) is 0.812. The van der Waals surface area contributed by atoms with Crippen LogP contribution in [0.3, 0.4) is 0 Å². The van der Waals surface area contributed by atoms with Crippen molar-refractivity contribution in [3.8, 4) is 0 Å². The number of thiophene rings is 1. The van der Waals surface area contributed by atoms with Crippen LogP contribution in [0.15, 0.2) is 5.38 Å². The number of fused-ring (bicyclic) bond motifs is 2. The summed E-state index contributed by atoms with van der Waals surface area (Å²) in [6.45, 7) is 6.37. The van der Waals surface area contributed by atoms with Gasteiger partial charge in [-0.2, -0.15) is 0 Å². The summed E-state index contributed by atoms with van der Waals surface area (Å²) in [4.78, 5) is 16.2. The van der Waals surface area contributed by atoms with E-state index in [1.54, 1.807) is 11.3 Å². The number of amides is 1. The van der Waals surface area contributed by atoms with E-state index in [4.69, 9.17) is 0 Å². The smallest absolute Gasteiger partial charge is 0.255 e. The molecule has 0 N–H and O–H groups in total. The normalized spacial score (nSPS) is 20.6. The van der Waals surface area contributed by atoms with E-state index in [0.29, 0.717) is 6.54 Å². The first-order valence-corrected chi connectivity index (χ1v) is 8.78. The van der Waals surface area contributed by atoms with Gasteiger partial charge in [-0.15, -0.1) is 21.5 Å². The average molecular weight is 316 g/mol. The van der Waals surface area contributed by atoms with Crippen molar-refractivity contribution in [1.82, 2.24) is 19.7 Å². The van der Waals surface area contributed by atoms with Crippen LogP contribution in [0.1, 0.15) is 45.8 Å². The largest absolute Gasteiger partial charge is 0.329 e. The zero-order valence-electron chi connectivity index (χ0n) is 13.0. The fourth-order valence-corrected chi connectivity index (χ4v) is 4.74. The topological polar surface area (TPSA) is 51.0 Å². The Morgan fingerprint density at radius 2 is 2.23 bits per heavy atom. The standard InChI is InChI=1S/C16H20N4OS/c1-10-3-4-12-13(9-22-14(12)7-10)16(21)19-5-6-20-11(2)17-18-15(20)8-19/h9-10H,3-8H2,1-2H3/t10-/m0/s1. The highest BCUT2D eigenvalue weighted by atomic mass is 32.1. The lowest BCUT2D eigenvalue weighted by atomic mass is 9.88. The summed E-state index contributed by atoms with van der Waals surface area (Å²) in [6, 6.07) is 0. The van der Waals surface area contributed by atoms with Crippen molar-refractivity contribution in [2.75, 3.05) is 6.54 Å². The van der Waals surface area contributed by atoms with Gasteiger partial charge in [0.1, 0.15) is 5.82 Å². The van der Waals surface area contributed by atoms with Crippen molar-refractivity contribution >= 4 is 17.2 Å². The molecule has 0 radical (unpaired) electrons. The van der Waals surface area contributed by atoms with Crippen LogP contribution in [0, 0.1) is 12.8 Å². The highest BCUT2D eigenvalue weighted by Gasteiger charge is 2.29. The molecule has 0 saturated heterocycles. The Morgan fingerprint density at radius 1 is 1.36 bits per heavy atom. The second kappa shape index (κ2) is 5.19. The van der Waals surface area contributed by atoms with Gasteiger partial charge >= 0.3 is 0 Å². The molecule has 1 aliphatic heterocycles. The third kappa shape index (κ3) is 2.17. The van der Waals surface area contributed by atoms with Crippen LogP contribution >= 0.6 is 11.3 Å². The second-order valence-corrected chi connectivity index (χ2v) is 7.41. The molecule has 0 saturated carbocycles. The van der Waals surface area contributed by atoms with Gasteiger partial charge in [-0.3, -0.25) is 4.79 Å². The number of rotatable bonds is 1. The summed E-state index contributed by atoms with van der Waals surface area (Å²) < 4.78 is 2.11. The van der Waals surface area contributed by atoms with E-state index in [9.17, 15) is 4.79 Å². The summed E-state index contributed by atoms with van der Waals surface area (Å²) in [5, 5.41) is 10.4. The monoisotopic (exact) mass is 316 g/mol. The SMILES string of the molecule is Cc1nnc2n1CCN(C(=O)c1csc3c1CC[C@H](C)C3)C2. The molecule has 2 aliphatic rings. The number of hydrogen-bond donors (Lipinski definition) is 0. The summed E-state index contributed by atoms with van der Waals surface area (Å²) in [5.41, 5.74) is 2.23. The highest BCUT2D eigenvalue weighted by molar-refractivity contribution is 7.10. The van der Waals surface area contributed by atoms with Crippen molar-refractivity contribution in [3.63, 3.8) is 0 Å². The lowest BCUT2D eigenvalue weighted by molar-refractivity contribution is 0.0705. The fourth-order valence-electron chi connectivity index (χ4n) is 3.50. The van der Waals surface area contributed by atoms with Gasteiger partial charge in [0, 0.05) is 23.3 Å². The second-order valence-electron chi connectivity index (χ2n) is 6.44. The van der Waals surface area contributed by atoms with E-state index < -0.39 is 0 Å². The van der Waals surface area contributed by atoms with Gasteiger partial charge in [-0.25, -0.2) is 0 Å². The molecule has 3 heterocycles. The van der Waals surface area contributed by atoms with E-state index in [2.05, 4.69) is 27.1 Å². The number of carbonyl (C=O) groups excluding carboxylic acids is 1. The highest BCUT2D eigenvalue weighted by Crippen LogP contribution is 2.33. The lowest BCUT2D eigenvalue weighted by Crippen LogP contribution is -2.39. The minimum Gasteiger partial charge on any atom is -0.329 e. The molecule has 0 bridgehead atoms. The summed E-state index contributed by atoms with van der Waals surface area (Å²) in [7, 11) is 0. The molecule has 116 valence electrons. The third-order valence-corrected chi connectivity index (χ3v) is 5.91. The van der Waals surface area contributed by atoms with Gasteiger partial charge in [0.05, 0.1) is 12.1 Å². The van der Waals surface area contributed by atoms with E-state index in [1.165, 1.54) is 16.9 Å². The van der Waals surface area contributed by atoms with Crippen LogP contribution in [-0.4, -0.2) is 32.1 Å². The number of aryl methyl sites for hydroxylation is 1. The lowest BCUT2D eigenvalue weighted by Gasteiger charge is -2.28. The van der Waals surface area contributed by atoms with E-state index in [1.807, 2.05) is 11.8 Å². The van der Waals surface area contributed by atoms with Crippen LogP contribution in [0.5, 0.6) is 0 Å². The fraction of sp³-hybridized carbons (Fsp3) is 0.562. The summed E-state index contributed by atoms with van der Waals surface area (Å²) >= 11 is 1.76. The maximum atomic E-state index is 12.9. The van der Waals surface area contributed by atoms with E-state index in [0.717, 1.165) is 49.1 Å². The Bertz CT molecular complexity index is 733. The number of hydrogen-bond acceptors (Lipinski definition) is 4. The predicted octanol–water partition coefficient (Wildman–Crippen LogP) is 2.43. The van der Waals surface area contributed by atoms with E-state index in [-0.39, 0.29) is 5.91 Å². The maximum absolute atomic E-state index is 12.9. The van der Waals surface area contributed by atoms with Crippen molar-refractivity contribution < 1.29 is 4.79 Å². The molecule has 1 amide bonds. The molecular weight excluding hydrogens is 296 g/mol. The Labute approximate surface area is 134 Å². The van der Waals surface area contributed by atoms with Gasteiger partial charge < -0.3 is 9.47 Å². The molecular formula is C16H20N4OS. The van der Waals surface area contributed by atoms with Crippen LogP contribution in [0.25, 0.3) is 0 Å². The molecule has 0 spiro atoms. The van der Waals surface area contributed by atoms with Crippen molar-refractivity contribution in [1.29, 1.82) is 0 Å². The van der Waals surface area contributed by atoms with Gasteiger partial charge in [-0.1, -0.05) is 6.92 Å². The van der Waals surface area contributed by atoms with Gasteiger partial charge in [0.25, 0.3) is 5.91 Å². The zero-order valence-corrected chi connectivity index (χ0v) is 13.8. The first kappa shape index (κ1) is 13.9. The van der Waals surface area contributed by atoms with E-state index >= 15 is 0 Å². The maximum Gasteiger partial charge on any atom is 0.255 e. The zero-order chi connectivity index (χ0) is 15.3. The molecule has 4 rings (SSSR count). The number of nitrogens with zero attached hydrogens (tertiary/aromatic N) is 4. The summed E-state index contributed by atoms with van der Waals surface area (Å²) in [5.74, 6) is 2.74. The average Bonchev–Trinajstić information content (AvgIpc) is 3.10. The van der Waals surface area contributed by atoms with Crippen molar-refractivity contribution in [2.45, 2.75) is 46.2 Å². The molecule has 6 heteroatoms. The molecule has 22 heavy (non-hydrogen) atoms. The predicted molar refractivity (Wildman–Crippen MR) is 85.0 cm³/mol. The molecule has 5 nitrogen and oxygen atoms in total. The molecule has 0 fully saturated rings. The number of aromatic nitrogens is 3. The first-order valence-electron chi connectivity index (χ1n) is 7.90. The molecule has 0 aromatic carbocycles. The Morgan fingerprint density at radius 3 is 3.09 bits per heavy atom. The number of carbonyl (C=O) groups is 1. The van der Waals surface area contributed by atoms with Crippen LogP contribution in [-0.2, 0) is 25.9 Å². The minimum absolute atomic E-state index is 0.166. The van der Waals surface area contributed by atoms with Gasteiger partial charge in [0.2, 0.25) is 0 Å².